The highest BCUT2D eigenvalue weighted by atomic mass is 16.6. The van der Waals surface area contributed by atoms with Gasteiger partial charge >= 0.3 is 6.09 Å². The Balaban J connectivity index is 1.76. The number of fused-ring (bicyclic) bond motifs is 1. The van der Waals surface area contributed by atoms with Crippen molar-refractivity contribution < 1.29 is 9.53 Å². The highest BCUT2D eigenvalue weighted by Crippen LogP contribution is 2.12. The Bertz CT molecular complexity index is 707. The molecule has 0 saturated heterocycles. The summed E-state index contributed by atoms with van der Waals surface area (Å²) in [4.78, 5) is 15.9. The molecule has 19 heavy (non-hydrogen) atoms. The zero-order valence-corrected chi connectivity index (χ0v) is 9.98. The third-order valence-electron chi connectivity index (χ3n) is 2.61. The number of hydrogen-bond donors (Lipinski definition) is 1. The first-order valence-corrected chi connectivity index (χ1v) is 5.79. The molecule has 3 rings (SSSR count). The Morgan fingerprint density at radius 1 is 1.11 bits per heavy atom. The molecule has 1 aromatic carbocycles. The maximum Gasteiger partial charge on any atom is 0.419 e. The van der Waals surface area contributed by atoms with E-state index in [-0.39, 0.29) is 0 Å². The number of carbonyl (C=O) groups excluding carboxylic acids is 1. The van der Waals surface area contributed by atoms with Gasteiger partial charge in [-0.3, -0.25) is 9.72 Å². The molecule has 0 atom stereocenters. The van der Waals surface area contributed by atoms with E-state index in [1.165, 1.54) is 0 Å². The van der Waals surface area contributed by atoms with Gasteiger partial charge in [-0.25, -0.2) is 9.78 Å². The number of anilines is 1. The van der Waals surface area contributed by atoms with Crippen molar-refractivity contribution in [1.82, 2.24) is 9.38 Å². The molecule has 2 heterocycles. The Morgan fingerprint density at radius 2 is 1.89 bits per heavy atom. The molecule has 5 heteroatoms. The quantitative estimate of drug-likeness (QED) is 0.764. The first kappa shape index (κ1) is 11.3. The van der Waals surface area contributed by atoms with Crippen molar-refractivity contribution in [3.05, 3.63) is 60.9 Å². The topological polar surface area (TPSA) is 55.6 Å². The maximum absolute atomic E-state index is 11.7. The molecule has 1 amide bonds. The number of aromatic nitrogens is 2. The summed E-state index contributed by atoms with van der Waals surface area (Å²) in [6, 6.07) is 14.5. The Hall–Kier alpha value is -2.82. The van der Waals surface area contributed by atoms with E-state index >= 15 is 0 Å². The first-order valence-electron chi connectivity index (χ1n) is 5.79. The third kappa shape index (κ3) is 2.40. The Morgan fingerprint density at radius 3 is 2.74 bits per heavy atom. The lowest BCUT2D eigenvalue weighted by molar-refractivity contribution is 0.215. The van der Waals surface area contributed by atoms with Crippen LogP contribution in [0.25, 0.3) is 5.52 Å². The molecule has 0 aliphatic heterocycles. The molecule has 0 saturated carbocycles. The number of imidazole rings is 1. The van der Waals surface area contributed by atoms with E-state index in [0.29, 0.717) is 11.7 Å². The summed E-state index contributed by atoms with van der Waals surface area (Å²) < 4.78 is 6.90. The summed E-state index contributed by atoms with van der Waals surface area (Å²) in [5.74, 6) is 0.914. The molecule has 0 unspecified atom stereocenters. The second-order valence-corrected chi connectivity index (χ2v) is 3.90. The minimum atomic E-state index is -0.567. The second-order valence-electron chi connectivity index (χ2n) is 3.90. The summed E-state index contributed by atoms with van der Waals surface area (Å²) in [5, 5.41) is 2.60. The van der Waals surface area contributed by atoms with E-state index in [4.69, 9.17) is 4.74 Å². The van der Waals surface area contributed by atoms with E-state index in [2.05, 4.69) is 10.3 Å². The van der Waals surface area contributed by atoms with Crippen LogP contribution in [0.1, 0.15) is 0 Å². The number of ether oxygens (including phenoxy) is 1. The number of pyridine rings is 1. The minimum absolute atomic E-state index is 0.427. The molecule has 0 radical (unpaired) electrons. The number of para-hydroxylation sites is 1. The van der Waals surface area contributed by atoms with Gasteiger partial charge in [0.05, 0.1) is 11.7 Å². The van der Waals surface area contributed by atoms with E-state index in [9.17, 15) is 4.79 Å². The lowest BCUT2D eigenvalue weighted by Crippen LogP contribution is -2.18. The fraction of sp³-hybridized carbons (Fsp3) is 0. The third-order valence-corrected chi connectivity index (χ3v) is 2.61. The molecule has 5 nitrogen and oxygen atoms in total. The lowest BCUT2D eigenvalue weighted by Gasteiger charge is -2.05. The SMILES string of the molecule is O=C(Nc1ncc2ccccn12)Oc1ccccc1. The van der Waals surface area contributed by atoms with Gasteiger partial charge in [-0.15, -0.1) is 0 Å². The predicted octanol–water partition coefficient (Wildman–Crippen LogP) is 2.95. The minimum Gasteiger partial charge on any atom is -0.410 e. The molecule has 0 aliphatic carbocycles. The van der Waals surface area contributed by atoms with E-state index in [1.54, 1.807) is 34.9 Å². The molecule has 0 spiro atoms. The largest absolute Gasteiger partial charge is 0.419 e. The van der Waals surface area contributed by atoms with Crippen LogP contribution in [0.3, 0.4) is 0 Å². The number of rotatable bonds is 2. The van der Waals surface area contributed by atoms with Crippen molar-refractivity contribution in [2.24, 2.45) is 0 Å². The van der Waals surface area contributed by atoms with Crippen LogP contribution in [-0.4, -0.2) is 15.5 Å². The zero-order chi connectivity index (χ0) is 13.1. The fourth-order valence-electron chi connectivity index (χ4n) is 1.75. The number of carbonyl (C=O) groups is 1. The van der Waals surface area contributed by atoms with Crippen molar-refractivity contribution >= 4 is 17.6 Å². The Kier molecular flexibility index (Phi) is 2.86. The van der Waals surface area contributed by atoms with Gasteiger partial charge in [-0.1, -0.05) is 24.3 Å². The van der Waals surface area contributed by atoms with E-state index in [0.717, 1.165) is 5.52 Å². The van der Waals surface area contributed by atoms with Crippen molar-refractivity contribution in [2.75, 3.05) is 5.32 Å². The molecule has 3 aromatic rings. The maximum atomic E-state index is 11.7. The zero-order valence-electron chi connectivity index (χ0n) is 9.98. The summed E-state index contributed by atoms with van der Waals surface area (Å²) >= 11 is 0. The number of amides is 1. The second kappa shape index (κ2) is 4.81. The fourth-order valence-corrected chi connectivity index (χ4v) is 1.75. The standard InChI is InChI=1S/C14H11N3O2/c18-14(19-12-7-2-1-3-8-12)16-13-15-10-11-6-4-5-9-17(11)13/h1-10H,(H,15,16,18). The van der Waals surface area contributed by atoms with Crippen molar-refractivity contribution in [3.63, 3.8) is 0 Å². The molecule has 1 N–H and O–H groups in total. The van der Waals surface area contributed by atoms with Gasteiger partial charge in [0.25, 0.3) is 0 Å². The highest BCUT2D eigenvalue weighted by molar-refractivity contribution is 5.84. The molecule has 0 fully saturated rings. The van der Waals surface area contributed by atoms with Crippen LogP contribution in [0.5, 0.6) is 5.75 Å². The smallest absolute Gasteiger partial charge is 0.410 e. The van der Waals surface area contributed by atoms with Crippen LogP contribution >= 0.6 is 0 Å². The van der Waals surface area contributed by atoms with E-state index in [1.807, 2.05) is 30.5 Å². The van der Waals surface area contributed by atoms with Gasteiger partial charge in [0, 0.05) is 6.20 Å². The number of hydrogen-bond acceptors (Lipinski definition) is 3. The van der Waals surface area contributed by atoms with Crippen LogP contribution in [0.4, 0.5) is 10.7 Å². The van der Waals surface area contributed by atoms with Crippen LogP contribution in [0.2, 0.25) is 0 Å². The van der Waals surface area contributed by atoms with Gasteiger partial charge in [0.2, 0.25) is 5.95 Å². The van der Waals surface area contributed by atoms with E-state index < -0.39 is 6.09 Å². The van der Waals surface area contributed by atoms with Gasteiger partial charge in [-0.2, -0.15) is 0 Å². The summed E-state index contributed by atoms with van der Waals surface area (Å²) in [6.07, 6.45) is 2.93. The molecule has 0 aliphatic rings. The molecule has 2 aromatic heterocycles. The normalized spacial score (nSPS) is 10.3. The Labute approximate surface area is 109 Å². The highest BCUT2D eigenvalue weighted by Gasteiger charge is 2.09. The average Bonchev–Trinajstić information content (AvgIpc) is 2.83. The van der Waals surface area contributed by atoms with Crippen LogP contribution in [0.15, 0.2) is 60.9 Å². The monoisotopic (exact) mass is 253 g/mol. The first-order chi connectivity index (χ1) is 9.33. The summed E-state index contributed by atoms with van der Waals surface area (Å²) in [7, 11) is 0. The van der Waals surface area contributed by atoms with Crippen molar-refractivity contribution in [2.45, 2.75) is 0 Å². The van der Waals surface area contributed by atoms with Gasteiger partial charge < -0.3 is 4.74 Å². The number of benzene rings is 1. The molecular weight excluding hydrogens is 242 g/mol. The van der Waals surface area contributed by atoms with Gasteiger partial charge in [0.1, 0.15) is 5.75 Å². The number of nitrogens with one attached hydrogen (secondary N) is 1. The van der Waals surface area contributed by atoms with Crippen LogP contribution < -0.4 is 10.1 Å². The average molecular weight is 253 g/mol. The molecule has 94 valence electrons. The molecular formula is C14H11N3O2. The summed E-state index contributed by atoms with van der Waals surface area (Å²) in [5.41, 5.74) is 0.900. The van der Waals surface area contributed by atoms with Gasteiger partial charge in [-0.05, 0) is 24.3 Å². The number of nitrogens with zero attached hydrogens (tertiary/aromatic N) is 2. The van der Waals surface area contributed by atoms with Crippen molar-refractivity contribution in [1.29, 1.82) is 0 Å². The molecule has 0 bridgehead atoms. The van der Waals surface area contributed by atoms with Gasteiger partial charge in [0.15, 0.2) is 0 Å². The van der Waals surface area contributed by atoms with Crippen LogP contribution in [-0.2, 0) is 0 Å². The van der Waals surface area contributed by atoms with Crippen LogP contribution in [0, 0.1) is 0 Å². The predicted molar refractivity (Wildman–Crippen MR) is 71.3 cm³/mol. The summed E-state index contributed by atoms with van der Waals surface area (Å²) in [6.45, 7) is 0. The van der Waals surface area contributed by atoms with Crippen molar-refractivity contribution in [3.8, 4) is 5.75 Å². The lowest BCUT2D eigenvalue weighted by atomic mass is 10.3.